The Labute approximate surface area is 197 Å². The predicted molar refractivity (Wildman–Crippen MR) is 116 cm³/mol. The number of halogens is 5. The number of hydrogen-bond donors (Lipinski definition) is 0. The number of nitrogens with zero attached hydrogens (tertiary/aromatic N) is 5. The maximum Gasteiger partial charge on any atom is 0.417 e. The van der Waals surface area contributed by atoms with Crippen molar-refractivity contribution in [3.8, 4) is 11.5 Å². The molecule has 3 aromatic rings. The molecule has 2 unspecified atom stereocenters. The van der Waals surface area contributed by atoms with E-state index >= 15 is 0 Å². The number of carbonyl (C=O) groups is 1. The van der Waals surface area contributed by atoms with Crippen molar-refractivity contribution >= 4 is 29.1 Å². The molecule has 2 aliphatic rings. The summed E-state index contributed by atoms with van der Waals surface area (Å²) in [5.74, 6) is 0.595. The molecule has 6 nitrogen and oxygen atoms in total. The molecule has 4 heterocycles. The van der Waals surface area contributed by atoms with Crippen molar-refractivity contribution in [2.75, 3.05) is 0 Å². The predicted octanol–water partition coefficient (Wildman–Crippen LogP) is 5.81. The second-order valence-electron chi connectivity index (χ2n) is 8.57. The van der Waals surface area contributed by atoms with Crippen LogP contribution in [0.1, 0.15) is 54.0 Å². The van der Waals surface area contributed by atoms with Gasteiger partial charge >= 0.3 is 6.18 Å². The molecule has 0 radical (unpaired) electrons. The molecule has 2 aromatic heterocycles. The van der Waals surface area contributed by atoms with E-state index in [9.17, 15) is 18.0 Å². The highest BCUT2D eigenvalue weighted by Crippen LogP contribution is 2.47. The molecule has 5 rings (SSSR count). The van der Waals surface area contributed by atoms with Crippen molar-refractivity contribution in [2.45, 2.75) is 50.5 Å². The SMILES string of the molecule is CC12CCCC(c3nnc(-c4ccc(Cl)cn4)n3C1)N2C(=O)c1cccc(C(F)(F)F)c1Cl. The van der Waals surface area contributed by atoms with E-state index in [4.69, 9.17) is 23.2 Å². The fourth-order valence-electron chi connectivity index (χ4n) is 4.89. The Hall–Kier alpha value is -2.65. The van der Waals surface area contributed by atoms with E-state index in [0.717, 1.165) is 12.5 Å². The summed E-state index contributed by atoms with van der Waals surface area (Å²) in [6, 6.07) is 6.43. The van der Waals surface area contributed by atoms with Crippen molar-refractivity contribution in [1.29, 1.82) is 0 Å². The van der Waals surface area contributed by atoms with E-state index in [1.54, 1.807) is 17.0 Å². The summed E-state index contributed by atoms with van der Waals surface area (Å²) in [5.41, 5.74) is -1.26. The number of amides is 1. The highest BCUT2D eigenvalue weighted by Gasteiger charge is 2.50. The van der Waals surface area contributed by atoms with Gasteiger partial charge in [0.1, 0.15) is 5.69 Å². The van der Waals surface area contributed by atoms with Crippen molar-refractivity contribution in [1.82, 2.24) is 24.6 Å². The van der Waals surface area contributed by atoms with Gasteiger partial charge in [-0.05, 0) is 50.5 Å². The van der Waals surface area contributed by atoms with Gasteiger partial charge in [0.2, 0.25) is 0 Å². The first-order chi connectivity index (χ1) is 15.6. The van der Waals surface area contributed by atoms with Crippen LogP contribution in [0.2, 0.25) is 10.0 Å². The largest absolute Gasteiger partial charge is 0.417 e. The van der Waals surface area contributed by atoms with E-state index in [1.165, 1.54) is 18.3 Å². The summed E-state index contributed by atoms with van der Waals surface area (Å²) in [7, 11) is 0. The molecule has 2 bridgehead atoms. The Kier molecular flexibility index (Phi) is 5.17. The average Bonchev–Trinajstić information content (AvgIpc) is 3.15. The molecule has 0 N–H and O–H groups in total. The van der Waals surface area contributed by atoms with Gasteiger partial charge in [-0.3, -0.25) is 9.78 Å². The number of carbonyl (C=O) groups excluding carboxylic acids is 1. The summed E-state index contributed by atoms with van der Waals surface area (Å²) >= 11 is 12.0. The quantitative estimate of drug-likeness (QED) is 0.450. The standard InChI is InChI=1S/C22H18Cl2F3N5O/c1-21-9-3-6-16(19-30-29-18(31(19)11-21)15-8-7-12(23)10-28-15)32(21)20(33)13-4-2-5-14(17(13)24)22(25,26)27/h2,4-5,7-8,10,16H,3,6,9,11H2,1H3. The molecule has 0 saturated carbocycles. The molecule has 1 fully saturated rings. The van der Waals surface area contributed by atoms with E-state index in [1.807, 2.05) is 11.5 Å². The monoisotopic (exact) mass is 495 g/mol. The number of fused-ring (bicyclic) bond motifs is 4. The van der Waals surface area contributed by atoms with Gasteiger partial charge in [0.25, 0.3) is 5.91 Å². The highest BCUT2D eigenvalue weighted by atomic mass is 35.5. The minimum absolute atomic E-state index is 0.169. The van der Waals surface area contributed by atoms with Gasteiger partial charge in [-0.15, -0.1) is 10.2 Å². The molecule has 2 atom stereocenters. The van der Waals surface area contributed by atoms with Crippen molar-refractivity contribution in [2.24, 2.45) is 0 Å². The number of piperidine rings is 1. The van der Waals surface area contributed by atoms with Crippen molar-refractivity contribution in [3.63, 3.8) is 0 Å². The number of aromatic nitrogens is 4. The number of pyridine rings is 1. The van der Waals surface area contributed by atoms with E-state index in [2.05, 4.69) is 15.2 Å². The first kappa shape index (κ1) is 22.2. The van der Waals surface area contributed by atoms with Crippen LogP contribution in [-0.4, -0.2) is 36.1 Å². The molecular formula is C22H18Cl2F3N5O. The van der Waals surface area contributed by atoms with Crippen LogP contribution in [-0.2, 0) is 12.7 Å². The van der Waals surface area contributed by atoms with Gasteiger partial charge in [-0.1, -0.05) is 29.3 Å². The van der Waals surface area contributed by atoms with Gasteiger partial charge < -0.3 is 9.47 Å². The second kappa shape index (κ2) is 7.70. The third-order valence-electron chi connectivity index (χ3n) is 6.37. The lowest BCUT2D eigenvalue weighted by molar-refractivity contribution is -0.137. The van der Waals surface area contributed by atoms with Crippen LogP contribution < -0.4 is 0 Å². The Bertz CT molecular complexity index is 1240. The molecule has 0 spiro atoms. The Morgan fingerprint density at radius 3 is 2.67 bits per heavy atom. The molecule has 11 heteroatoms. The molecule has 33 heavy (non-hydrogen) atoms. The lowest BCUT2D eigenvalue weighted by Crippen LogP contribution is -2.59. The zero-order valence-corrected chi connectivity index (χ0v) is 18.9. The van der Waals surface area contributed by atoms with E-state index in [-0.39, 0.29) is 5.56 Å². The van der Waals surface area contributed by atoms with Crippen LogP contribution in [0.25, 0.3) is 11.5 Å². The first-order valence-corrected chi connectivity index (χ1v) is 11.1. The van der Waals surface area contributed by atoms with Crippen LogP contribution in [0.5, 0.6) is 0 Å². The van der Waals surface area contributed by atoms with Crippen LogP contribution in [0.15, 0.2) is 36.5 Å². The maximum atomic E-state index is 13.6. The molecule has 1 aromatic carbocycles. The van der Waals surface area contributed by atoms with Crippen LogP contribution in [0.4, 0.5) is 13.2 Å². The average molecular weight is 496 g/mol. The van der Waals surface area contributed by atoms with Gasteiger partial charge in [0, 0.05) is 12.7 Å². The summed E-state index contributed by atoms with van der Waals surface area (Å²) < 4.78 is 42.1. The molecule has 1 amide bonds. The van der Waals surface area contributed by atoms with Crippen LogP contribution >= 0.6 is 23.2 Å². The molecule has 172 valence electrons. The van der Waals surface area contributed by atoms with E-state index < -0.39 is 34.3 Å². The van der Waals surface area contributed by atoms with Crippen LogP contribution in [0.3, 0.4) is 0 Å². The third kappa shape index (κ3) is 3.58. The molecule has 2 aliphatic heterocycles. The van der Waals surface area contributed by atoms with Gasteiger partial charge in [0.15, 0.2) is 11.6 Å². The molecular weight excluding hydrogens is 478 g/mol. The zero-order valence-electron chi connectivity index (χ0n) is 17.4. The van der Waals surface area contributed by atoms with Gasteiger partial charge in [-0.25, -0.2) is 0 Å². The summed E-state index contributed by atoms with van der Waals surface area (Å²) in [5, 5.41) is 8.57. The summed E-state index contributed by atoms with van der Waals surface area (Å²) in [4.78, 5) is 19.6. The van der Waals surface area contributed by atoms with Crippen molar-refractivity contribution < 1.29 is 18.0 Å². The zero-order chi connectivity index (χ0) is 23.5. The lowest BCUT2D eigenvalue weighted by atomic mass is 9.81. The highest BCUT2D eigenvalue weighted by molar-refractivity contribution is 6.34. The van der Waals surface area contributed by atoms with Crippen molar-refractivity contribution in [3.05, 3.63) is 63.5 Å². The van der Waals surface area contributed by atoms with Crippen LogP contribution in [0, 0.1) is 0 Å². The number of benzene rings is 1. The summed E-state index contributed by atoms with van der Waals surface area (Å²) in [6.45, 7) is 2.31. The Balaban J connectivity index is 1.58. The Morgan fingerprint density at radius 1 is 1.18 bits per heavy atom. The molecule has 0 aliphatic carbocycles. The number of rotatable bonds is 2. The lowest BCUT2D eigenvalue weighted by Gasteiger charge is -2.52. The van der Waals surface area contributed by atoms with E-state index in [0.29, 0.717) is 41.8 Å². The fourth-order valence-corrected chi connectivity index (χ4v) is 5.32. The summed E-state index contributed by atoms with van der Waals surface area (Å²) in [6.07, 6.45) is -0.991. The number of hydrogen-bond acceptors (Lipinski definition) is 4. The fraction of sp³-hybridized carbons (Fsp3) is 0.364. The van der Waals surface area contributed by atoms with Gasteiger partial charge in [0.05, 0.1) is 32.8 Å². The number of alkyl halides is 3. The normalized spacial score (nSPS) is 22.2. The third-order valence-corrected chi connectivity index (χ3v) is 7.00. The second-order valence-corrected chi connectivity index (χ2v) is 9.39. The first-order valence-electron chi connectivity index (χ1n) is 10.3. The molecule has 1 saturated heterocycles. The minimum Gasteiger partial charge on any atom is -0.321 e. The van der Waals surface area contributed by atoms with Gasteiger partial charge in [-0.2, -0.15) is 13.2 Å². The maximum absolute atomic E-state index is 13.6. The Morgan fingerprint density at radius 2 is 1.97 bits per heavy atom. The topological polar surface area (TPSA) is 63.9 Å². The smallest absolute Gasteiger partial charge is 0.321 e. The minimum atomic E-state index is -4.66.